The number of carboxylic acids is 1. The fourth-order valence-electron chi connectivity index (χ4n) is 11.8. The predicted molar refractivity (Wildman–Crippen MR) is 318 cm³/mol. The van der Waals surface area contributed by atoms with Gasteiger partial charge in [-0.05, 0) is 45.8 Å². The molecule has 22 nitrogen and oxygen atoms in total. The number of methoxy groups -OCH3 is 4. The van der Waals surface area contributed by atoms with Crippen LogP contribution in [0.4, 0.5) is 0 Å². The molecule has 22 heteroatoms. The fourth-order valence-corrected chi connectivity index (χ4v) is 11.8. The van der Waals surface area contributed by atoms with Crippen molar-refractivity contribution in [2.75, 3.05) is 41.6 Å². The molecular formula is C65H95NO21. The Hall–Kier alpha value is -4.83. The van der Waals surface area contributed by atoms with Crippen LogP contribution in [0, 0.1) is 17.3 Å². The number of allylic oxidation sites excluding steroid dienone is 9. The van der Waals surface area contributed by atoms with Crippen molar-refractivity contribution in [1.29, 1.82) is 0 Å². The van der Waals surface area contributed by atoms with Gasteiger partial charge in [-0.2, -0.15) is 0 Å². The lowest BCUT2D eigenvalue weighted by Crippen LogP contribution is -2.71. The van der Waals surface area contributed by atoms with Gasteiger partial charge in [0.25, 0.3) is 0 Å². The number of benzene rings is 1. The van der Waals surface area contributed by atoms with Crippen LogP contribution in [-0.2, 0) is 82.4 Å². The van der Waals surface area contributed by atoms with Crippen LogP contribution < -0.4 is 5.32 Å². The summed E-state index contributed by atoms with van der Waals surface area (Å²) >= 11 is 0. The number of carboxylic acid groups (broad SMARTS) is 1. The maximum Gasteiger partial charge on any atom is 0.328 e. The number of ether oxygens (including phenoxy) is 13. The molecule has 22 atom stereocenters. The lowest BCUT2D eigenvalue weighted by Gasteiger charge is -2.54. The Morgan fingerprint density at radius 3 is 1.98 bits per heavy atom. The van der Waals surface area contributed by atoms with Crippen molar-refractivity contribution >= 4 is 17.8 Å². The first-order chi connectivity index (χ1) is 41.5. The number of carbonyl (C=O) groups is 3. The van der Waals surface area contributed by atoms with Crippen molar-refractivity contribution in [3.8, 4) is 0 Å². The molecule has 5 aliphatic rings. The molecule has 5 saturated heterocycles. The van der Waals surface area contributed by atoms with Gasteiger partial charge in [-0.3, -0.25) is 9.59 Å². The van der Waals surface area contributed by atoms with Crippen LogP contribution in [0.2, 0.25) is 0 Å². The van der Waals surface area contributed by atoms with Crippen LogP contribution >= 0.6 is 0 Å². The molecule has 5 heterocycles. The predicted octanol–water partition coefficient (Wildman–Crippen LogP) is 5.50. The van der Waals surface area contributed by atoms with Gasteiger partial charge in [-0.25, -0.2) is 4.79 Å². The molecule has 486 valence electrons. The molecule has 1 amide bonds. The zero-order chi connectivity index (χ0) is 63.6. The summed E-state index contributed by atoms with van der Waals surface area (Å²) in [5.41, 5.74) is 0.265. The Labute approximate surface area is 512 Å². The fraction of sp³-hybridized carbons (Fsp3) is 0.646. The van der Waals surface area contributed by atoms with Crippen LogP contribution in [0.5, 0.6) is 0 Å². The van der Waals surface area contributed by atoms with Crippen LogP contribution in [0.3, 0.4) is 0 Å². The van der Waals surface area contributed by atoms with E-state index in [1.807, 2.05) is 33.8 Å². The number of aliphatic hydroxyl groups excluding tert-OH is 3. The average molecular weight is 1230 g/mol. The minimum absolute atomic E-state index is 0.0572. The number of aliphatic carboxylic acids is 1. The van der Waals surface area contributed by atoms with Crippen molar-refractivity contribution in [1.82, 2.24) is 5.32 Å². The van der Waals surface area contributed by atoms with Gasteiger partial charge in [-0.15, -0.1) is 0 Å². The van der Waals surface area contributed by atoms with Crippen molar-refractivity contribution in [3.05, 3.63) is 120 Å². The monoisotopic (exact) mass is 1230 g/mol. The molecule has 0 radical (unpaired) electrons. The molecule has 5 aliphatic heterocycles. The number of aliphatic hydroxyl groups is 4. The van der Waals surface area contributed by atoms with E-state index in [1.54, 1.807) is 133 Å². The van der Waals surface area contributed by atoms with Crippen molar-refractivity contribution < 1.29 is 101 Å². The normalized spacial score (nSPS) is 36.3. The molecule has 0 spiro atoms. The Bertz CT molecular complexity index is 2530. The molecule has 87 heavy (non-hydrogen) atoms. The number of hydrogen-bond acceptors (Lipinski definition) is 20. The van der Waals surface area contributed by atoms with Gasteiger partial charge >= 0.3 is 11.9 Å². The molecule has 4 unspecified atom stereocenters. The van der Waals surface area contributed by atoms with E-state index in [4.69, 9.17) is 66.7 Å². The molecule has 0 bridgehead atoms. The van der Waals surface area contributed by atoms with E-state index in [2.05, 4.69) is 5.32 Å². The highest BCUT2D eigenvalue weighted by Gasteiger charge is 2.63. The second-order valence-corrected chi connectivity index (χ2v) is 23.5. The van der Waals surface area contributed by atoms with E-state index in [-0.39, 0.29) is 37.8 Å². The van der Waals surface area contributed by atoms with Gasteiger partial charge in [0.15, 0.2) is 25.0 Å². The third-order valence-corrected chi connectivity index (χ3v) is 16.9. The number of carbonyl (C=O) groups excluding carboxylic acids is 2. The zero-order valence-corrected chi connectivity index (χ0v) is 52.2. The molecule has 6 N–H and O–H groups in total. The van der Waals surface area contributed by atoms with Crippen LogP contribution in [-0.4, -0.2) is 207 Å². The van der Waals surface area contributed by atoms with E-state index in [9.17, 15) is 34.8 Å². The number of nitrogens with one attached hydrogen (secondary N) is 1. The highest BCUT2D eigenvalue weighted by Crippen LogP contribution is 2.46. The van der Waals surface area contributed by atoms with Gasteiger partial charge < -0.3 is 92.4 Å². The van der Waals surface area contributed by atoms with Crippen molar-refractivity contribution in [2.24, 2.45) is 17.3 Å². The minimum atomic E-state index is -2.71. The van der Waals surface area contributed by atoms with E-state index >= 15 is 0 Å². The van der Waals surface area contributed by atoms with Gasteiger partial charge in [0.05, 0.1) is 74.1 Å². The number of esters is 1. The van der Waals surface area contributed by atoms with E-state index < -0.39 is 152 Å². The summed E-state index contributed by atoms with van der Waals surface area (Å²) < 4.78 is 80.6. The Morgan fingerprint density at radius 2 is 1.36 bits per heavy atom. The number of rotatable bonds is 28. The van der Waals surface area contributed by atoms with E-state index in [0.717, 1.165) is 11.6 Å². The first-order valence-corrected chi connectivity index (χ1v) is 30.0. The Balaban J connectivity index is 1.19. The van der Waals surface area contributed by atoms with Crippen molar-refractivity contribution in [2.45, 2.75) is 210 Å². The third kappa shape index (κ3) is 19.1. The molecule has 1 aromatic rings. The molecule has 6 rings (SSSR count). The summed E-state index contributed by atoms with van der Waals surface area (Å²) in [4.78, 5) is 39.5. The van der Waals surface area contributed by atoms with Crippen LogP contribution in [0.15, 0.2) is 115 Å². The summed E-state index contributed by atoms with van der Waals surface area (Å²) in [7, 11) is 6.24. The van der Waals surface area contributed by atoms with Gasteiger partial charge in [-0.1, -0.05) is 124 Å². The Kier molecular flexibility index (Phi) is 27.7. The maximum absolute atomic E-state index is 14.9. The van der Waals surface area contributed by atoms with Crippen molar-refractivity contribution in [3.63, 3.8) is 0 Å². The molecule has 0 saturated carbocycles. The molecule has 1 aromatic carbocycles. The molecule has 0 aliphatic carbocycles. The standard InChI is InChI=1S/C65H95NO21/c1-13-14-18-29-51-64(7,8)61(72)62(84-53(70)32-43-26-19-17-20-27-43)65(74,87-51)44(63(73)66-31-24-23-25-38(2)58(78-12)39(3)47-33-45(67)46(83-47)28-21-15-16-22-30-52(68)69)37-79-54-35-49(76-10)59(41(5)81-54)86-56-36-50(77-11)60(42(6)82-56)85-55-34-48(75-9)57(71)40(4)80-55/h13-30,39-42,44-51,54-62,67,71-72,74H,31-37H2,1-12H3,(H,66,73)(H,68,69)/b14-13+,16-15+,24-23+,28-21+,29-18+,30-22+,38-25+/t39-,40+,41+,42+,44?,45+,46+,47?,48+,49+,50-,51-,54-,55+,56-,57-,58?,59?,60+,61-,62+,65+/m0/s1. The smallest absolute Gasteiger partial charge is 0.328 e. The van der Waals surface area contributed by atoms with Crippen LogP contribution in [0.25, 0.3) is 0 Å². The topological polar surface area (TPSA) is 284 Å². The van der Waals surface area contributed by atoms with Gasteiger partial charge in [0.1, 0.15) is 36.4 Å². The first kappa shape index (κ1) is 71.2. The first-order valence-electron chi connectivity index (χ1n) is 30.0. The molecular weight excluding hydrogens is 1130 g/mol. The zero-order valence-electron chi connectivity index (χ0n) is 52.2. The van der Waals surface area contributed by atoms with E-state index in [1.165, 1.54) is 20.3 Å². The summed E-state index contributed by atoms with van der Waals surface area (Å²) in [6.07, 6.45) is 7.66. The van der Waals surface area contributed by atoms with Gasteiger partial charge in [0, 0.05) is 78.1 Å². The highest BCUT2D eigenvalue weighted by molar-refractivity contribution is 5.81. The number of hydrogen-bond donors (Lipinski definition) is 6. The van der Waals surface area contributed by atoms with E-state index in [0.29, 0.717) is 18.4 Å². The van der Waals surface area contributed by atoms with Gasteiger partial charge in [0.2, 0.25) is 11.7 Å². The summed E-state index contributed by atoms with van der Waals surface area (Å²) in [6.45, 7) is 13.9. The highest BCUT2D eigenvalue weighted by atomic mass is 16.7. The largest absolute Gasteiger partial charge is 0.478 e. The molecule has 0 aromatic heterocycles. The second-order valence-electron chi connectivity index (χ2n) is 23.5. The number of amides is 1. The second kappa shape index (κ2) is 33.8. The summed E-state index contributed by atoms with van der Waals surface area (Å²) in [5.74, 6) is -7.19. The maximum atomic E-state index is 14.9. The third-order valence-electron chi connectivity index (χ3n) is 16.9. The average Bonchev–Trinajstić information content (AvgIpc) is 1.73. The lowest BCUT2D eigenvalue weighted by molar-refractivity contribution is -0.368. The minimum Gasteiger partial charge on any atom is -0.478 e. The summed E-state index contributed by atoms with van der Waals surface area (Å²) in [5, 5.41) is 58.5. The SMILES string of the molecule is C/C=C/C=C/[C@@H]1O[C@](O)(C(CO[C@@H]2C[C@@H](OC)C(O[C@H]3C[C@H](OC)[C@H](O[C@@H]4C[C@@H](OC)[C@@H](O)[C@@H](C)O4)[C@@H](C)O3)[C@@H](C)O2)C(=O)NC/C=C/C=C(\C)C(OC)[C@@H](C)C2C[C@@H](O)[C@@H](/C=C/C=C/C=C/C(=O)O)O2)[C@H](OC(=O)Cc2ccccc2)[C@H](O)C1(C)C. The molecule has 5 fully saturated rings. The summed E-state index contributed by atoms with van der Waals surface area (Å²) in [6, 6.07) is 8.84. The van der Waals surface area contributed by atoms with Crippen LogP contribution in [0.1, 0.15) is 86.6 Å². The lowest BCUT2D eigenvalue weighted by atomic mass is 9.71. The quantitative estimate of drug-likeness (QED) is 0.0343. The Morgan fingerprint density at radius 1 is 0.759 bits per heavy atom.